The molecule has 1 heterocycles. The van der Waals surface area contributed by atoms with Crippen LogP contribution in [0.25, 0.3) is 32.9 Å². The van der Waals surface area contributed by atoms with Crippen LogP contribution in [0.2, 0.25) is 0 Å². The fourth-order valence-corrected chi connectivity index (χ4v) is 4.20. The highest BCUT2D eigenvalue weighted by Gasteiger charge is 2.25. The van der Waals surface area contributed by atoms with Crippen molar-refractivity contribution in [2.24, 2.45) is 0 Å². The number of nitro groups is 1. The van der Waals surface area contributed by atoms with Crippen LogP contribution in [0.3, 0.4) is 0 Å². The second-order valence-corrected chi connectivity index (χ2v) is 6.73. The summed E-state index contributed by atoms with van der Waals surface area (Å²) in [7, 11) is 0. The Morgan fingerprint density at radius 3 is 2.54 bits per heavy atom. The van der Waals surface area contributed by atoms with Gasteiger partial charge in [-0.3, -0.25) is 10.1 Å². The van der Waals surface area contributed by atoms with Crippen LogP contribution in [0.15, 0.2) is 60.7 Å². The lowest BCUT2D eigenvalue weighted by molar-refractivity contribution is -0.384. The van der Waals surface area contributed by atoms with Gasteiger partial charge in [0.25, 0.3) is 5.69 Å². The molecule has 1 aliphatic rings. The Kier molecular flexibility index (Phi) is 3.25. The third kappa shape index (κ3) is 2.12. The molecule has 4 nitrogen and oxygen atoms in total. The minimum Gasteiger partial charge on any atom is -0.258 e. The largest absolute Gasteiger partial charge is 0.278 e. The highest BCUT2D eigenvalue weighted by atomic mass is 16.6. The predicted molar refractivity (Wildman–Crippen MR) is 103 cm³/mol. The number of fused-ring (bicyclic) bond motifs is 5. The van der Waals surface area contributed by atoms with Crippen LogP contribution in [-0.2, 0) is 12.8 Å². The molecule has 1 aliphatic carbocycles. The summed E-state index contributed by atoms with van der Waals surface area (Å²) in [6, 6.07) is 19.4. The molecule has 0 atom stereocenters. The van der Waals surface area contributed by atoms with E-state index in [1.165, 1.54) is 27.3 Å². The van der Waals surface area contributed by atoms with Crippen LogP contribution < -0.4 is 0 Å². The molecule has 4 aromatic rings. The second-order valence-electron chi connectivity index (χ2n) is 6.73. The molecule has 0 aliphatic heterocycles. The molecule has 0 saturated heterocycles. The van der Waals surface area contributed by atoms with Crippen molar-refractivity contribution in [2.75, 3.05) is 0 Å². The quantitative estimate of drug-likeness (QED) is 0.277. The van der Waals surface area contributed by atoms with E-state index in [9.17, 15) is 10.1 Å². The second kappa shape index (κ2) is 5.63. The predicted octanol–water partition coefficient (Wildman–Crippen LogP) is 5.45. The number of benzene rings is 3. The zero-order valence-electron chi connectivity index (χ0n) is 14.1. The highest BCUT2D eigenvalue weighted by Crippen LogP contribution is 2.40. The fraction of sp³-hybridized carbons (Fsp3) is 0.136. The number of aromatic nitrogens is 1. The normalized spacial score (nSPS) is 13.2. The van der Waals surface area contributed by atoms with Gasteiger partial charge in [0, 0.05) is 11.5 Å². The van der Waals surface area contributed by atoms with E-state index in [0.717, 1.165) is 30.5 Å². The van der Waals surface area contributed by atoms with Gasteiger partial charge in [0.15, 0.2) is 0 Å². The molecule has 26 heavy (non-hydrogen) atoms. The summed E-state index contributed by atoms with van der Waals surface area (Å²) in [6.07, 6.45) is 2.98. The molecule has 4 heteroatoms. The first-order valence-corrected chi connectivity index (χ1v) is 8.81. The van der Waals surface area contributed by atoms with Gasteiger partial charge in [-0.05, 0) is 53.3 Å². The van der Waals surface area contributed by atoms with Gasteiger partial charge < -0.3 is 0 Å². The Labute approximate surface area is 150 Å². The van der Waals surface area contributed by atoms with Crippen molar-refractivity contribution in [2.45, 2.75) is 19.3 Å². The minimum atomic E-state index is -0.317. The number of rotatable bonds is 2. The first-order valence-electron chi connectivity index (χ1n) is 8.81. The number of nitro benzene ring substituents is 1. The van der Waals surface area contributed by atoms with Crippen molar-refractivity contribution in [3.63, 3.8) is 0 Å². The summed E-state index contributed by atoms with van der Waals surface area (Å²) in [4.78, 5) is 16.1. The van der Waals surface area contributed by atoms with Crippen molar-refractivity contribution in [3.8, 4) is 11.3 Å². The van der Waals surface area contributed by atoms with Gasteiger partial charge in [0.2, 0.25) is 0 Å². The Bertz CT molecular complexity index is 1200. The van der Waals surface area contributed by atoms with E-state index in [1.54, 1.807) is 12.1 Å². The van der Waals surface area contributed by atoms with Gasteiger partial charge >= 0.3 is 0 Å². The minimum absolute atomic E-state index is 0.120. The Balaban J connectivity index is 1.90. The molecular weight excluding hydrogens is 324 g/mol. The Morgan fingerprint density at radius 2 is 1.65 bits per heavy atom. The zero-order chi connectivity index (χ0) is 17.7. The van der Waals surface area contributed by atoms with Gasteiger partial charge in [-0.1, -0.05) is 42.5 Å². The van der Waals surface area contributed by atoms with Crippen LogP contribution in [0.4, 0.5) is 5.69 Å². The van der Waals surface area contributed by atoms with Gasteiger partial charge in [0.05, 0.1) is 21.7 Å². The summed E-state index contributed by atoms with van der Waals surface area (Å²) in [5.41, 5.74) is 4.90. The molecule has 0 spiro atoms. The monoisotopic (exact) mass is 340 g/mol. The SMILES string of the molecule is O=[N+]([O-])c1ccccc1-c1nc2ccc3ccccc3c2c2c1CCC2. The molecule has 5 rings (SSSR count). The topological polar surface area (TPSA) is 56.0 Å². The third-order valence-corrected chi connectivity index (χ3v) is 5.30. The summed E-state index contributed by atoms with van der Waals surface area (Å²) in [5.74, 6) is 0. The molecule has 0 fully saturated rings. The number of aryl methyl sites for hydroxylation is 1. The summed E-state index contributed by atoms with van der Waals surface area (Å²) in [5, 5.41) is 15.1. The average Bonchev–Trinajstić information content (AvgIpc) is 3.16. The number of hydrogen-bond donors (Lipinski definition) is 0. The van der Waals surface area contributed by atoms with Gasteiger partial charge in [-0.2, -0.15) is 0 Å². The number of para-hydroxylation sites is 1. The van der Waals surface area contributed by atoms with Crippen molar-refractivity contribution in [1.29, 1.82) is 0 Å². The standard InChI is InChI=1S/C22H16N2O2/c25-24(26)20-11-4-3-8-18(20)22-17-10-5-9-16(17)21-15-7-2-1-6-14(15)12-13-19(21)23-22/h1-4,6-8,11-13H,5,9-10H2. The van der Waals surface area contributed by atoms with Gasteiger partial charge in [0.1, 0.15) is 0 Å². The molecule has 0 saturated carbocycles. The molecule has 3 aromatic carbocycles. The van der Waals surface area contributed by atoms with Crippen LogP contribution in [0, 0.1) is 10.1 Å². The van der Waals surface area contributed by atoms with Crippen LogP contribution in [0.1, 0.15) is 17.5 Å². The van der Waals surface area contributed by atoms with E-state index in [4.69, 9.17) is 4.98 Å². The third-order valence-electron chi connectivity index (χ3n) is 5.30. The van der Waals surface area contributed by atoms with E-state index in [2.05, 4.69) is 24.3 Å². The smallest absolute Gasteiger partial charge is 0.258 e. The van der Waals surface area contributed by atoms with Crippen molar-refractivity contribution in [1.82, 2.24) is 4.98 Å². The molecule has 0 N–H and O–H groups in total. The highest BCUT2D eigenvalue weighted by molar-refractivity contribution is 6.09. The Hall–Kier alpha value is -3.27. The van der Waals surface area contributed by atoms with E-state index in [-0.39, 0.29) is 10.6 Å². The molecule has 126 valence electrons. The lowest BCUT2D eigenvalue weighted by Crippen LogP contribution is -1.99. The molecular formula is C22H16N2O2. The van der Waals surface area contributed by atoms with E-state index in [0.29, 0.717) is 5.56 Å². The zero-order valence-corrected chi connectivity index (χ0v) is 14.1. The van der Waals surface area contributed by atoms with Gasteiger partial charge in [-0.25, -0.2) is 4.98 Å². The first-order chi connectivity index (χ1) is 12.7. The van der Waals surface area contributed by atoms with Crippen LogP contribution >= 0.6 is 0 Å². The van der Waals surface area contributed by atoms with Crippen LogP contribution in [-0.4, -0.2) is 9.91 Å². The summed E-state index contributed by atoms with van der Waals surface area (Å²) < 4.78 is 0. The number of nitrogens with zero attached hydrogens (tertiary/aromatic N) is 2. The lowest BCUT2D eigenvalue weighted by atomic mass is 9.95. The van der Waals surface area contributed by atoms with Crippen molar-refractivity contribution < 1.29 is 4.92 Å². The summed E-state index contributed by atoms with van der Waals surface area (Å²) >= 11 is 0. The maximum Gasteiger partial charge on any atom is 0.278 e. The number of pyridine rings is 1. The molecule has 0 radical (unpaired) electrons. The maximum absolute atomic E-state index is 11.5. The molecule has 0 bridgehead atoms. The Morgan fingerprint density at radius 1 is 0.885 bits per heavy atom. The molecule has 0 unspecified atom stereocenters. The van der Waals surface area contributed by atoms with Crippen molar-refractivity contribution in [3.05, 3.63) is 81.9 Å². The van der Waals surface area contributed by atoms with Gasteiger partial charge in [-0.15, -0.1) is 0 Å². The summed E-state index contributed by atoms with van der Waals surface area (Å²) in [6.45, 7) is 0. The van der Waals surface area contributed by atoms with E-state index in [1.807, 2.05) is 24.3 Å². The molecule has 1 aromatic heterocycles. The first kappa shape index (κ1) is 15.0. The van der Waals surface area contributed by atoms with E-state index >= 15 is 0 Å². The van der Waals surface area contributed by atoms with E-state index < -0.39 is 0 Å². The maximum atomic E-state index is 11.5. The van der Waals surface area contributed by atoms with Crippen LogP contribution in [0.5, 0.6) is 0 Å². The lowest BCUT2D eigenvalue weighted by Gasteiger charge is -2.13. The number of hydrogen-bond acceptors (Lipinski definition) is 3. The average molecular weight is 340 g/mol. The molecule has 0 amide bonds. The van der Waals surface area contributed by atoms with Crippen molar-refractivity contribution >= 4 is 27.4 Å². The fourth-order valence-electron chi connectivity index (χ4n) is 4.20.